The van der Waals surface area contributed by atoms with Crippen LogP contribution in [0.2, 0.25) is 0 Å². The first kappa shape index (κ1) is 19.0. The molecule has 0 bridgehead atoms. The number of guanidine groups is 1. The van der Waals surface area contributed by atoms with Crippen molar-refractivity contribution in [1.82, 2.24) is 15.5 Å². The van der Waals surface area contributed by atoms with Crippen LogP contribution >= 0.6 is 0 Å². The van der Waals surface area contributed by atoms with Gasteiger partial charge in [-0.15, -0.1) is 0 Å². The first-order valence-electron chi connectivity index (χ1n) is 10.1. The second-order valence-electron chi connectivity index (χ2n) is 7.58. The maximum absolute atomic E-state index is 5.42. The van der Waals surface area contributed by atoms with Gasteiger partial charge in [0, 0.05) is 32.2 Å². The summed E-state index contributed by atoms with van der Waals surface area (Å²) in [6.07, 6.45) is 5.07. The summed E-state index contributed by atoms with van der Waals surface area (Å²) in [4.78, 5) is 7.49. The van der Waals surface area contributed by atoms with Crippen LogP contribution in [0.15, 0.2) is 23.2 Å². The summed E-state index contributed by atoms with van der Waals surface area (Å²) in [6, 6.07) is 7.32. The second kappa shape index (κ2) is 9.26. The fourth-order valence-electron chi connectivity index (χ4n) is 3.69. The van der Waals surface area contributed by atoms with Crippen LogP contribution < -0.4 is 15.4 Å². The fraction of sp³-hybridized carbons (Fsp3) is 0.667. The van der Waals surface area contributed by atoms with E-state index in [0.29, 0.717) is 5.92 Å². The molecule has 2 aliphatic rings. The van der Waals surface area contributed by atoms with Gasteiger partial charge in [-0.25, -0.2) is 0 Å². The molecule has 0 aromatic heterocycles. The Morgan fingerprint density at radius 3 is 2.85 bits per heavy atom. The predicted molar refractivity (Wildman–Crippen MR) is 108 cm³/mol. The Hall–Kier alpha value is -1.75. The van der Waals surface area contributed by atoms with Gasteiger partial charge in [0.2, 0.25) is 0 Å². The molecule has 144 valence electrons. The van der Waals surface area contributed by atoms with Crippen LogP contribution in [0.3, 0.4) is 0 Å². The topological polar surface area (TPSA) is 48.9 Å². The number of benzene rings is 1. The van der Waals surface area contributed by atoms with Crippen molar-refractivity contribution >= 4 is 5.96 Å². The van der Waals surface area contributed by atoms with E-state index >= 15 is 0 Å². The molecule has 1 aromatic carbocycles. The van der Waals surface area contributed by atoms with Crippen molar-refractivity contribution in [2.45, 2.75) is 45.6 Å². The molecule has 1 aromatic rings. The highest BCUT2D eigenvalue weighted by Gasteiger charge is 2.34. The molecule has 26 heavy (non-hydrogen) atoms. The maximum atomic E-state index is 5.42. The monoisotopic (exact) mass is 358 g/mol. The smallest absolute Gasteiger partial charge is 0.191 e. The number of methoxy groups -OCH3 is 1. The molecule has 2 N–H and O–H groups in total. The number of nitrogens with zero attached hydrogens (tertiary/aromatic N) is 2. The Kier molecular flexibility index (Phi) is 6.78. The van der Waals surface area contributed by atoms with E-state index in [9.17, 15) is 0 Å². The van der Waals surface area contributed by atoms with E-state index in [4.69, 9.17) is 9.73 Å². The average molecular weight is 359 g/mol. The van der Waals surface area contributed by atoms with E-state index in [1.54, 1.807) is 7.11 Å². The number of ether oxygens (including phenoxy) is 1. The number of nitrogens with one attached hydrogen (secondary N) is 2. The van der Waals surface area contributed by atoms with Crippen LogP contribution in [0, 0.1) is 12.8 Å². The van der Waals surface area contributed by atoms with Crippen LogP contribution in [0.4, 0.5) is 0 Å². The van der Waals surface area contributed by atoms with Gasteiger partial charge < -0.3 is 20.3 Å². The highest BCUT2D eigenvalue weighted by Crippen LogP contribution is 2.31. The summed E-state index contributed by atoms with van der Waals surface area (Å²) in [5, 5.41) is 6.85. The molecular weight excluding hydrogens is 324 g/mol. The lowest BCUT2D eigenvalue weighted by atomic mass is 10.1. The van der Waals surface area contributed by atoms with Gasteiger partial charge in [-0.2, -0.15) is 0 Å². The first-order valence-corrected chi connectivity index (χ1v) is 10.1. The Balaban J connectivity index is 1.45. The largest absolute Gasteiger partial charge is 0.496 e. The van der Waals surface area contributed by atoms with Crippen molar-refractivity contribution in [2.24, 2.45) is 10.9 Å². The fourth-order valence-corrected chi connectivity index (χ4v) is 3.69. The normalized spacial score (nSPS) is 21.0. The lowest BCUT2D eigenvalue weighted by Gasteiger charge is -2.15. The zero-order chi connectivity index (χ0) is 18.4. The van der Waals surface area contributed by atoms with E-state index in [1.165, 1.54) is 43.5 Å². The molecule has 1 aliphatic carbocycles. The van der Waals surface area contributed by atoms with Crippen LogP contribution in [0.25, 0.3) is 0 Å². The molecule has 1 saturated heterocycles. The molecule has 5 heteroatoms. The molecule has 2 fully saturated rings. The van der Waals surface area contributed by atoms with Gasteiger partial charge in [-0.05, 0) is 69.2 Å². The molecule has 3 rings (SSSR count). The molecule has 1 aliphatic heterocycles. The van der Waals surface area contributed by atoms with Crippen molar-refractivity contribution in [3.8, 4) is 5.75 Å². The molecule has 1 saturated carbocycles. The van der Waals surface area contributed by atoms with E-state index in [1.807, 2.05) is 0 Å². The van der Waals surface area contributed by atoms with Crippen molar-refractivity contribution < 1.29 is 4.74 Å². The average Bonchev–Trinajstić information content (AvgIpc) is 3.39. The lowest BCUT2D eigenvalue weighted by molar-refractivity contribution is 0.315. The van der Waals surface area contributed by atoms with Crippen LogP contribution in [0.5, 0.6) is 5.75 Å². The van der Waals surface area contributed by atoms with E-state index in [0.717, 1.165) is 43.8 Å². The summed E-state index contributed by atoms with van der Waals surface area (Å²) < 4.78 is 5.42. The summed E-state index contributed by atoms with van der Waals surface area (Å²) in [5.41, 5.74) is 2.46. The third-order valence-electron chi connectivity index (χ3n) is 5.41. The van der Waals surface area contributed by atoms with Crippen molar-refractivity contribution in [3.05, 3.63) is 29.3 Å². The zero-order valence-corrected chi connectivity index (χ0v) is 16.6. The summed E-state index contributed by atoms with van der Waals surface area (Å²) in [6.45, 7) is 9.38. The summed E-state index contributed by atoms with van der Waals surface area (Å²) >= 11 is 0. The molecule has 0 radical (unpaired) electrons. The number of rotatable bonds is 8. The minimum absolute atomic E-state index is 0.715. The van der Waals surface area contributed by atoms with Crippen LogP contribution in [-0.2, 0) is 6.42 Å². The quantitative estimate of drug-likeness (QED) is 0.554. The second-order valence-corrected chi connectivity index (χ2v) is 7.58. The summed E-state index contributed by atoms with van der Waals surface area (Å²) in [5.74, 6) is 2.62. The SMILES string of the molecule is CCNC(=NCC1CCN(C2CC2)C1)NCCc1ccc(C)c(OC)c1. The van der Waals surface area contributed by atoms with Gasteiger partial charge in [0.15, 0.2) is 5.96 Å². The van der Waals surface area contributed by atoms with Crippen LogP contribution in [0.1, 0.15) is 37.3 Å². The van der Waals surface area contributed by atoms with Gasteiger partial charge in [0.1, 0.15) is 5.75 Å². The number of aryl methyl sites for hydroxylation is 1. The number of aliphatic imine (C=N–C) groups is 1. The van der Waals surface area contributed by atoms with E-state index < -0.39 is 0 Å². The highest BCUT2D eigenvalue weighted by atomic mass is 16.5. The third kappa shape index (κ3) is 5.37. The molecule has 1 heterocycles. The lowest BCUT2D eigenvalue weighted by Crippen LogP contribution is -2.38. The van der Waals surface area contributed by atoms with Gasteiger partial charge >= 0.3 is 0 Å². The van der Waals surface area contributed by atoms with Gasteiger partial charge in [0.25, 0.3) is 0 Å². The predicted octanol–water partition coefficient (Wildman–Crippen LogP) is 2.59. The summed E-state index contributed by atoms with van der Waals surface area (Å²) in [7, 11) is 1.73. The Labute approximate surface area is 158 Å². The zero-order valence-electron chi connectivity index (χ0n) is 16.6. The van der Waals surface area contributed by atoms with Gasteiger partial charge in [-0.3, -0.25) is 4.99 Å². The standard InChI is InChI=1S/C21H34N4O/c1-4-22-21(24-14-18-10-12-25(15-18)19-7-8-19)23-11-9-17-6-5-16(2)20(13-17)26-3/h5-6,13,18-19H,4,7-12,14-15H2,1-3H3,(H2,22,23,24). The molecule has 1 unspecified atom stereocenters. The van der Waals surface area contributed by atoms with E-state index in [2.05, 4.69) is 47.6 Å². The van der Waals surface area contributed by atoms with E-state index in [-0.39, 0.29) is 0 Å². The Bertz CT molecular complexity index is 612. The van der Waals surface area contributed by atoms with Crippen molar-refractivity contribution in [1.29, 1.82) is 0 Å². The molecule has 1 atom stereocenters. The maximum Gasteiger partial charge on any atom is 0.191 e. The Morgan fingerprint density at radius 1 is 1.27 bits per heavy atom. The number of likely N-dealkylation sites (tertiary alicyclic amines) is 1. The highest BCUT2D eigenvalue weighted by molar-refractivity contribution is 5.79. The molecule has 5 nitrogen and oxygen atoms in total. The first-order chi connectivity index (χ1) is 12.7. The van der Waals surface area contributed by atoms with Gasteiger partial charge in [-0.1, -0.05) is 12.1 Å². The minimum Gasteiger partial charge on any atom is -0.496 e. The number of hydrogen-bond donors (Lipinski definition) is 2. The third-order valence-corrected chi connectivity index (χ3v) is 5.41. The molecule has 0 amide bonds. The molecular formula is C21H34N4O. The molecule has 0 spiro atoms. The van der Waals surface area contributed by atoms with Gasteiger partial charge in [0.05, 0.1) is 7.11 Å². The Morgan fingerprint density at radius 2 is 2.12 bits per heavy atom. The number of hydrogen-bond acceptors (Lipinski definition) is 3. The van der Waals surface area contributed by atoms with Crippen molar-refractivity contribution in [3.63, 3.8) is 0 Å². The van der Waals surface area contributed by atoms with Crippen molar-refractivity contribution in [2.75, 3.05) is 39.8 Å². The minimum atomic E-state index is 0.715. The van der Waals surface area contributed by atoms with Crippen LogP contribution in [-0.4, -0.2) is 56.7 Å².